The lowest BCUT2D eigenvalue weighted by atomic mass is 10.0. The van der Waals surface area contributed by atoms with Gasteiger partial charge in [-0.25, -0.2) is 0 Å². The predicted octanol–water partition coefficient (Wildman–Crippen LogP) is 2.04. The Labute approximate surface area is 151 Å². The van der Waals surface area contributed by atoms with E-state index in [4.69, 9.17) is 4.74 Å². The molecule has 1 saturated heterocycles. The van der Waals surface area contributed by atoms with Gasteiger partial charge in [-0.2, -0.15) is 0 Å². The Kier molecular flexibility index (Phi) is 5.35. The number of benzene rings is 1. The van der Waals surface area contributed by atoms with Crippen molar-refractivity contribution in [3.8, 4) is 5.75 Å². The third-order valence-electron chi connectivity index (χ3n) is 5.30. The van der Waals surface area contributed by atoms with Gasteiger partial charge in [0, 0.05) is 38.5 Å². The van der Waals surface area contributed by atoms with Gasteiger partial charge in [0.15, 0.2) is 0 Å². The first-order chi connectivity index (χ1) is 11.8. The number of likely N-dealkylation sites (tertiary alicyclic amines) is 1. The summed E-state index contributed by atoms with van der Waals surface area (Å²) in [6.07, 6.45) is 2.67. The van der Waals surface area contributed by atoms with E-state index >= 15 is 0 Å². The zero-order valence-corrected chi connectivity index (χ0v) is 16.0. The molecule has 2 aliphatic heterocycles. The van der Waals surface area contributed by atoms with Gasteiger partial charge in [-0.3, -0.25) is 4.79 Å². The molecule has 1 atom stereocenters. The van der Waals surface area contributed by atoms with Gasteiger partial charge < -0.3 is 19.9 Å². The Hall–Kier alpha value is -1.59. The van der Waals surface area contributed by atoms with Crippen molar-refractivity contribution in [1.82, 2.24) is 15.1 Å². The molecule has 25 heavy (non-hydrogen) atoms. The summed E-state index contributed by atoms with van der Waals surface area (Å²) in [4.78, 5) is 16.8. The standard InChI is InChI=1S/C20H31N3O2/c1-20(2)12-16-11-15(5-6-18(16)25-20)13-21-19(24)8-10-23(4)17-7-9-22(3)14-17/h5-6,11,17H,7-10,12-14H2,1-4H3,(H,21,24). The highest BCUT2D eigenvalue weighted by Crippen LogP contribution is 2.35. The van der Waals surface area contributed by atoms with Gasteiger partial charge in [-0.1, -0.05) is 12.1 Å². The van der Waals surface area contributed by atoms with Crippen molar-refractivity contribution < 1.29 is 9.53 Å². The molecule has 5 nitrogen and oxygen atoms in total. The monoisotopic (exact) mass is 345 g/mol. The Morgan fingerprint density at radius 3 is 2.96 bits per heavy atom. The highest BCUT2D eigenvalue weighted by Gasteiger charge is 2.29. The highest BCUT2D eigenvalue weighted by atomic mass is 16.5. The number of hydrogen-bond donors (Lipinski definition) is 1. The lowest BCUT2D eigenvalue weighted by Crippen LogP contribution is -2.36. The van der Waals surface area contributed by atoms with Crippen LogP contribution in [0.15, 0.2) is 18.2 Å². The number of rotatable bonds is 6. The minimum atomic E-state index is -0.122. The van der Waals surface area contributed by atoms with Crippen molar-refractivity contribution in [3.63, 3.8) is 0 Å². The molecule has 5 heteroatoms. The second-order valence-corrected chi connectivity index (χ2v) is 8.19. The molecule has 1 aromatic carbocycles. The number of likely N-dealkylation sites (N-methyl/N-ethyl adjacent to an activating group) is 2. The zero-order chi connectivity index (χ0) is 18.0. The van der Waals surface area contributed by atoms with Gasteiger partial charge in [0.1, 0.15) is 11.4 Å². The van der Waals surface area contributed by atoms with Gasteiger partial charge >= 0.3 is 0 Å². The number of nitrogens with zero attached hydrogens (tertiary/aromatic N) is 2. The topological polar surface area (TPSA) is 44.8 Å². The number of carbonyl (C=O) groups excluding carboxylic acids is 1. The second-order valence-electron chi connectivity index (χ2n) is 8.19. The summed E-state index contributed by atoms with van der Waals surface area (Å²) in [6, 6.07) is 6.81. The number of nitrogens with one attached hydrogen (secondary N) is 1. The average Bonchev–Trinajstić information content (AvgIpc) is 3.11. The van der Waals surface area contributed by atoms with E-state index in [0.29, 0.717) is 19.0 Å². The normalized spacial score (nSPS) is 22.0. The van der Waals surface area contributed by atoms with E-state index in [9.17, 15) is 4.79 Å². The number of ether oxygens (including phenoxy) is 1. The van der Waals surface area contributed by atoms with Crippen molar-refractivity contribution in [3.05, 3.63) is 29.3 Å². The van der Waals surface area contributed by atoms with Gasteiger partial charge in [-0.15, -0.1) is 0 Å². The van der Waals surface area contributed by atoms with Crippen molar-refractivity contribution in [2.24, 2.45) is 0 Å². The van der Waals surface area contributed by atoms with Gasteiger partial charge in [-0.05, 0) is 58.1 Å². The highest BCUT2D eigenvalue weighted by molar-refractivity contribution is 5.76. The van der Waals surface area contributed by atoms with E-state index in [-0.39, 0.29) is 11.5 Å². The van der Waals surface area contributed by atoms with Crippen LogP contribution in [0.3, 0.4) is 0 Å². The van der Waals surface area contributed by atoms with Crippen LogP contribution in [0.4, 0.5) is 0 Å². The van der Waals surface area contributed by atoms with E-state index in [1.165, 1.54) is 12.0 Å². The average molecular weight is 345 g/mol. The minimum Gasteiger partial charge on any atom is -0.487 e. The molecule has 138 valence electrons. The quantitative estimate of drug-likeness (QED) is 0.857. The molecule has 3 rings (SSSR count). The SMILES string of the molecule is CN1CCC(N(C)CCC(=O)NCc2ccc3c(c2)CC(C)(C)O3)C1. The van der Waals surface area contributed by atoms with Gasteiger partial charge in [0.25, 0.3) is 0 Å². The lowest BCUT2D eigenvalue weighted by Gasteiger charge is -2.23. The zero-order valence-electron chi connectivity index (χ0n) is 16.0. The molecule has 2 aliphatic rings. The van der Waals surface area contributed by atoms with Crippen LogP contribution in [0.1, 0.15) is 37.8 Å². The van der Waals surface area contributed by atoms with E-state index in [1.54, 1.807) is 0 Å². The Morgan fingerprint density at radius 2 is 2.24 bits per heavy atom. The molecule has 2 heterocycles. The largest absolute Gasteiger partial charge is 0.487 e. The molecular weight excluding hydrogens is 314 g/mol. The summed E-state index contributed by atoms with van der Waals surface area (Å²) in [5.74, 6) is 1.10. The van der Waals surface area contributed by atoms with Crippen LogP contribution in [0, 0.1) is 0 Å². The Balaban J connectivity index is 1.42. The third kappa shape index (κ3) is 4.73. The summed E-state index contributed by atoms with van der Waals surface area (Å²) in [6.45, 7) is 7.87. The maximum atomic E-state index is 12.2. The van der Waals surface area contributed by atoms with E-state index in [2.05, 4.69) is 49.1 Å². The predicted molar refractivity (Wildman–Crippen MR) is 99.8 cm³/mol. The molecule has 1 N–H and O–H groups in total. The van der Waals surface area contributed by atoms with Crippen LogP contribution >= 0.6 is 0 Å². The summed E-state index contributed by atoms with van der Waals surface area (Å²) in [5, 5.41) is 3.05. The first kappa shape index (κ1) is 18.2. The number of fused-ring (bicyclic) bond motifs is 1. The number of carbonyl (C=O) groups is 1. The maximum absolute atomic E-state index is 12.2. The van der Waals surface area contributed by atoms with E-state index in [1.807, 2.05) is 12.1 Å². The molecule has 1 aromatic rings. The maximum Gasteiger partial charge on any atom is 0.221 e. The third-order valence-corrected chi connectivity index (χ3v) is 5.30. The molecule has 0 aliphatic carbocycles. The minimum absolute atomic E-state index is 0.121. The fourth-order valence-electron chi connectivity index (χ4n) is 3.79. The summed E-state index contributed by atoms with van der Waals surface area (Å²) in [7, 11) is 4.28. The molecule has 0 aromatic heterocycles. The smallest absolute Gasteiger partial charge is 0.221 e. The van der Waals surface area contributed by atoms with E-state index in [0.717, 1.165) is 37.4 Å². The van der Waals surface area contributed by atoms with Crippen molar-refractivity contribution >= 4 is 5.91 Å². The molecule has 0 saturated carbocycles. The van der Waals surface area contributed by atoms with Crippen LogP contribution in [-0.2, 0) is 17.8 Å². The van der Waals surface area contributed by atoms with Crippen LogP contribution in [0.5, 0.6) is 5.75 Å². The van der Waals surface area contributed by atoms with E-state index < -0.39 is 0 Å². The first-order valence-electron chi connectivity index (χ1n) is 9.29. The first-order valence-corrected chi connectivity index (χ1v) is 9.29. The fraction of sp³-hybridized carbons (Fsp3) is 0.650. The summed E-state index contributed by atoms with van der Waals surface area (Å²) >= 11 is 0. The fourth-order valence-corrected chi connectivity index (χ4v) is 3.79. The lowest BCUT2D eigenvalue weighted by molar-refractivity contribution is -0.121. The molecule has 1 fully saturated rings. The molecule has 1 amide bonds. The van der Waals surface area contributed by atoms with Crippen LogP contribution in [0.25, 0.3) is 0 Å². The molecular formula is C20H31N3O2. The Bertz CT molecular complexity index is 629. The molecule has 1 unspecified atom stereocenters. The summed E-state index contributed by atoms with van der Waals surface area (Å²) < 4.78 is 5.90. The van der Waals surface area contributed by atoms with Gasteiger partial charge in [0.2, 0.25) is 5.91 Å². The van der Waals surface area contributed by atoms with Crippen LogP contribution < -0.4 is 10.1 Å². The molecule has 0 spiro atoms. The van der Waals surface area contributed by atoms with Crippen molar-refractivity contribution in [2.45, 2.75) is 51.3 Å². The van der Waals surface area contributed by atoms with Gasteiger partial charge in [0.05, 0.1) is 0 Å². The van der Waals surface area contributed by atoms with Crippen LogP contribution in [0.2, 0.25) is 0 Å². The Morgan fingerprint density at radius 1 is 1.44 bits per heavy atom. The molecule has 0 radical (unpaired) electrons. The number of hydrogen-bond acceptors (Lipinski definition) is 4. The summed E-state index contributed by atoms with van der Waals surface area (Å²) in [5.41, 5.74) is 2.25. The number of amides is 1. The van der Waals surface area contributed by atoms with Crippen molar-refractivity contribution in [1.29, 1.82) is 0 Å². The van der Waals surface area contributed by atoms with Crippen molar-refractivity contribution in [2.75, 3.05) is 33.7 Å². The second kappa shape index (κ2) is 7.34. The van der Waals surface area contributed by atoms with Crippen LogP contribution in [-0.4, -0.2) is 61.1 Å². The molecule has 0 bridgehead atoms.